The number of carbonyl (C=O) groups is 2. The van der Waals surface area contributed by atoms with Gasteiger partial charge in [0.05, 0.1) is 13.0 Å². The van der Waals surface area contributed by atoms with Gasteiger partial charge in [0.25, 0.3) is 0 Å². The number of aromatic nitrogens is 1. The molecular formula is C18H28IN5O3. The number of pyridine rings is 1. The number of carbonyl (C=O) groups excluding carboxylic acids is 2. The molecule has 0 spiro atoms. The third-order valence-electron chi connectivity index (χ3n) is 4.42. The van der Waals surface area contributed by atoms with Gasteiger partial charge in [-0.2, -0.15) is 0 Å². The van der Waals surface area contributed by atoms with Gasteiger partial charge in [0.1, 0.15) is 5.82 Å². The van der Waals surface area contributed by atoms with Crippen molar-refractivity contribution in [2.24, 2.45) is 16.8 Å². The van der Waals surface area contributed by atoms with Crippen molar-refractivity contribution in [1.82, 2.24) is 15.2 Å². The van der Waals surface area contributed by atoms with Crippen molar-refractivity contribution in [1.29, 1.82) is 0 Å². The normalized spacial score (nSPS) is 19.3. The number of rotatable bonds is 5. The second-order valence-electron chi connectivity index (χ2n) is 6.45. The summed E-state index contributed by atoms with van der Waals surface area (Å²) >= 11 is 0. The van der Waals surface area contributed by atoms with Crippen LogP contribution in [0, 0.1) is 18.8 Å². The average Bonchev–Trinajstić information content (AvgIpc) is 2.99. The molecular weight excluding hydrogens is 461 g/mol. The van der Waals surface area contributed by atoms with Crippen LogP contribution in [-0.2, 0) is 14.3 Å². The number of methoxy groups -OCH3 is 1. The standard InChI is InChI=1S/C18H27N5O3.HI/c1-12-10-23(11-14(12)17(25)26-4)18(19-3)20-9-8-16(24)22-15-7-5-6-13(2)21-15;/h5-7,12,14H,8-11H2,1-4H3,(H,19,20)(H,21,22,24);1H. The molecule has 27 heavy (non-hydrogen) atoms. The summed E-state index contributed by atoms with van der Waals surface area (Å²) in [4.78, 5) is 34.4. The lowest BCUT2D eigenvalue weighted by atomic mass is 9.99. The highest BCUT2D eigenvalue weighted by Crippen LogP contribution is 2.24. The molecule has 0 saturated carbocycles. The van der Waals surface area contributed by atoms with E-state index >= 15 is 0 Å². The maximum atomic E-state index is 12.0. The number of aliphatic imine (C=N–C) groups is 1. The van der Waals surface area contributed by atoms with E-state index in [9.17, 15) is 9.59 Å². The van der Waals surface area contributed by atoms with Gasteiger partial charge in [-0.25, -0.2) is 4.98 Å². The van der Waals surface area contributed by atoms with Crippen LogP contribution >= 0.6 is 24.0 Å². The van der Waals surface area contributed by atoms with Gasteiger partial charge in [-0.05, 0) is 25.0 Å². The minimum atomic E-state index is -0.194. The highest BCUT2D eigenvalue weighted by atomic mass is 127. The van der Waals surface area contributed by atoms with Gasteiger partial charge >= 0.3 is 5.97 Å². The Balaban J connectivity index is 0.00000364. The van der Waals surface area contributed by atoms with Crippen molar-refractivity contribution in [2.75, 3.05) is 39.1 Å². The van der Waals surface area contributed by atoms with Gasteiger partial charge in [-0.1, -0.05) is 13.0 Å². The number of nitrogens with zero attached hydrogens (tertiary/aromatic N) is 3. The van der Waals surface area contributed by atoms with Crippen LogP contribution in [0.2, 0.25) is 0 Å². The predicted molar refractivity (Wildman–Crippen MR) is 115 cm³/mol. The molecule has 150 valence electrons. The molecule has 1 aromatic heterocycles. The summed E-state index contributed by atoms with van der Waals surface area (Å²) in [7, 11) is 3.10. The number of ether oxygens (including phenoxy) is 1. The third kappa shape index (κ3) is 6.64. The molecule has 2 rings (SSSR count). The largest absolute Gasteiger partial charge is 0.469 e. The molecule has 2 N–H and O–H groups in total. The Hall–Kier alpha value is -1.91. The molecule has 8 nitrogen and oxygen atoms in total. The van der Waals surface area contributed by atoms with E-state index in [0.717, 1.165) is 12.2 Å². The van der Waals surface area contributed by atoms with Gasteiger partial charge in [-0.15, -0.1) is 24.0 Å². The van der Waals surface area contributed by atoms with Crippen LogP contribution < -0.4 is 10.6 Å². The number of nitrogens with one attached hydrogen (secondary N) is 2. The van der Waals surface area contributed by atoms with Crippen molar-refractivity contribution in [3.05, 3.63) is 23.9 Å². The Morgan fingerprint density at radius 3 is 2.74 bits per heavy atom. The van der Waals surface area contributed by atoms with E-state index in [1.807, 2.05) is 30.9 Å². The molecule has 0 bridgehead atoms. The molecule has 1 aliphatic rings. The zero-order chi connectivity index (χ0) is 19.1. The summed E-state index contributed by atoms with van der Waals surface area (Å²) in [5, 5.41) is 5.96. The number of halogens is 1. The van der Waals surface area contributed by atoms with E-state index < -0.39 is 0 Å². The first kappa shape index (κ1) is 23.1. The highest BCUT2D eigenvalue weighted by Gasteiger charge is 2.36. The highest BCUT2D eigenvalue weighted by molar-refractivity contribution is 14.0. The summed E-state index contributed by atoms with van der Waals surface area (Å²) in [5.41, 5.74) is 0.852. The maximum Gasteiger partial charge on any atom is 0.310 e. The van der Waals surface area contributed by atoms with Gasteiger partial charge in [-0.3, -0.25) is 14.6 Å². The summed E-state index contributed by atoms with van der Waals surface area (Å²) < 4.78 is 4.86. The van der Waals surface area contributed by atoms with Crippen molar-refractivity contribution in [3.63, 3.8) is 0 Å². The van der Waals surface area contributed by atoms with Crippen LogP contribution in [0.3, 0.4) is 0 Å². The fourth-order valence-corrected chi connectivity index (χ4v) is 3.04. The molecule has 9 heteroatoms. The van der Waals surface area contributed by atoms with E-state index in [-0.39, 0.29) is 47.7 Å². The molecule has 2 unspecified atom stereocenters. The van der Waals surface area contributed by atoms with Gasteiger partial charge in [0.15, 0.2) is 5.96 Å². The Morgan fingerprint density at radius 1 is 1.37 bits per heavy atom. The number of hydrogen-bond donors (Lipinski definition) is 2. The van der Waals surface area contributed by atoms with Crippen LogP contribution in [0.25, 0.3) is 0 Å². The third-order valence-corrected chi connectivity index (χ3v) is 4.42. The summed E-state index contributed by atoms with van der Waals surface area (Å²) in [6.45, 7) is 5.63. The molecule has 2 atom stereocenters. The van der Waals surface area contributed by atoms with Crippen LogP contribution in [0.4, 0.5) is 5.82 Å². The van der Waals surface area contributed by atoms with Crippen LogP contribution in [0.1, 0.15) is 19.0 Å². The molecule has 1 fully saturated rings. The molecule has 1 amide bonds. The van der Waals surface area contributed by atoms with Crippen LogP contribution in [-0.4, -0.2) is 61.5 Å². The molecule has 0 radical (unpaired) electrons. The SMILES string of the molecule is CN=C(NCCC(=O)Nc1cccc(C)n1)N1CC(C)C(C(=O)OC)C1.I. The lowest BCUT2D eigenvalue weighted by Gasteiger charge is -2.21. The zero-order valence-corrected chi connectivity index (χ0v) is 18.5. The Bertz CT molecular complexity index is 683. The van der Waals surface area contributed by atoms with Gasteiger partial charge in [0.2, 0.25) is 5.91 Å². The second kappa shape index (κ2) is 11.1. The first-order valence-electron chi connectivity index (χ1n) is 8.71. The van der Waals surface area contributed by atoms with Crippen LogP contribution in [0.15, 0.2) is 23.2 Å². The van der Waals surface area contributed by atoms with E-state index in [0.29, 0.717) is 31.3 Å². The van der Waals surface area contributed by atoms with Crippen molar-refractivity contribution >= 4 is 47.6 Å². The monoisotopic (exact) mass is 489 g/mol. The summed E-state index contributed by atoms with van der Waals surface area (Å²) in [6.07, 6.45) is 0.290. The molecule has 0 aliphatic carbocycles. The fourth-order valence-electron chi connectivity index (χ4n) is 3.04. The van der Waals surface area contributed by atoms with E-state index in [4.69, 9.17) is 4.74 Å². The number of amides is 1. The number of guanidine groups is 1. The number of aryl methyl sites for hydroxylation is 1. The lowest BCUT2D eigenvalue weighted by Crippen LogP contribution is -2.41. The summed E-state index contributed by atoms with van der Waals surface area (Å²) in [5.74, 6) is 0.957. The van der Waals surface area contributed by atoms with Crippen molar-refractivity contribution < 1.29 is 14.3 Å². The van der Waals surface area contributed by atoms with Gasteiger partial charge in [0, 0.05) is 38.8 Å². The van der Waals surface area contributed by atoms with Crippen molar-refractivity contribution in [2.45, 2.75) is 20.3 Å². The Labute approximate surface area is 177 Å². The topological polar surface area (TPSA) is 95.9 Å². The van der Waals surface area contributed by atoms with Crippen LogP contribution in [0.5, 0.6) is 0 Å². The van der Waals surface area contributed by atoms with Crippen molar-refractivity contribution in [3.8, 4) is 0 Å². The minimum Gasteiger partial charge on any atom is -0.469 e. The first-order valence-corrected chi connectivity index (χ1v) is 8.71. The number of likely N-dealkylation sites (tertiary alicyclic amines) is 1. The zero-order valence-electron chi connectivity index (χ0n) is 16.2. The maximum absolute atomic E-state index is 12.0. The molecule has 1 aromatic rings. The Kier molecular flexibility index (Phi) is 9.47. The van der Waals surface area contributed by atoms with Gasteiger partial charge < -0.3 is 20.3 Å². The average molecular weight is 489 g/mol. The fraction of sp³-hybridized carbons (Fsp3) is 0.556. The number of esters is 1. The van der Waals surface area contributed by atoms with E-state index in [1.165, 1.54) is 7.11 Å². The Morgan fingerprint density at radius 2 is 2.11 bits per heavy atom. The summed E-state index contributed by atoms with van der Waals surface area (Å²) in [6, 6.07) is 5.49. The molecule has 1 saturated heterocycles. The predicted octanol–water partition coefficient (Wildman–Crippen LogP) is 1.65. The van der Waals surface area contributed by atoms with E-state index in [1.54, 1.807) is 13.1 Å². The number of anilines is 1. The van der Waals surface area contributed by atoms with E-state index in [2.05, 4.69) is 20.6 Å². The molecule has 1 aliphatic heterocycles. The molecule has 2 heterocycles. The second-order valence-corrected chi connectivity index (χ2v) is 6.45. The number of hydrogen-bond acceptors (Lipinski definition) is 5. The first-order chi connectivity index (χ1) is 12.4. The molecule has 0 aromatic carbocycles. The minimum absolute atomic E-state index is 0. The lowest BCUT2D eigenvalue weighted by molar-refractivity contribution is -0.146. The quantitative estimate of drug-likeness (QED) is 0.283. The smallest absolute Gasteiger partial charge is 0.310 e.